The number of ketones is 1. The van der Waals surface area contributed by atoms with Gasteiger partial charge in [-0.25, -0.2) is 8.42 Å². The summed E-state index contributed by atoms with van der Waals surface area (Å²) in [4.78, 5) is 38.0. The first kappa shape index (κ1) is 22.9. The van der Waals surface area contributed by atoms with Crippen LogP contribution in [0.2, 0.25) is 0 Å². The number of piperidine rings is 1. The number of hydrogen-bond donors (Lipinski definition) is 1. The van der Waals surface area contributed by atoms with Gasteiger partial charge in [-0.3, -0.25) is 19.7 Å². The maximum atomic E-state index is 12.8. The number of rotatable bonds is 3. The molecule has 2 heterocycles. The number of allylic oxidation sites excluding steroid dienone is 4. The van der Waals surface area contributed by atoms with Gasteiger partial charge in [0.2, 0.25) is 21.5 Å². The summed E-state index contributed by atoms with van der Waals surface area (Å²) in [7, 11) is -3.77. The Balaban J connectivity index is 2.70. The van der Waals surface area contributed by atoms with Gasteiger partial charge >= 0.3 is 0 Å². The molecule has 2 amide bonds. The zero-order valence-electron chi connectivity index (χ0n) is 15.2. The second kappa shape index (κ2) is 8.57. The summed E-state index contributed by atoms with van der Waals surface area (Å²) in [6.07, 6.45) is 5.00. The molecule has 0 unspecified atom stereocenters. The van der Waals surface area contributed by atoms with Gasteiger partial charge in [-0.2, -0.15) is 0 Å². The second-order valence-corrected chi connectivity index (χ2v) is 10.8. The van der Waals surface area contributed by atoms with Crippen LogP contribution >= 0.6 is 34.8 Å². The Hall–Kier alpha value is -1.35. The number of carbonyl (C=O) groups excluding carboxylic acids is 3. The van der Waals surface area contributed by atoms with E-state index in [0.717, 1.165) is 32.3 Å². The number of amides is 2. The van der Waals surface area contributed by atoms with Crippen molar-refractivity contribution in [1.29, 1.82) is 0 Å². The fourth-order valence-corrected chi connectivity index (χ4v) is 4.66. The third kappa shape index (κ3) is 4.97. The zero-order chi connectivity index (χ0) is 21.3. The van der Waals surface area contributed by atoms with E-state index in [2.05, 4.69) is 0 Å². The topological polar surface area (TPSA) is 101 Å². The average Bonchev–Trinajstić information content (AvgIpc) is 2.57. The van der Waals surface area contributed by atoms with E-state index in [1.165, 1.54) is 13.0 Å². The van der Waals surface area contributed by atoms with Crippen LogP contribution in [-0.4, -0.2) is 47.8 Å². The predicted octanol–water partition coefficient (Wildman–Crippen LogP) is 2.54. The Kier molecular flexibility index (Phi) is 7.02. The van der Waals surface area contributed by atoms with Gasteiger partial charge in [-0.05, 0) is 43.9 Å². The normalized spacial score (nSPS) is 21.4. The van der Waals surface area contributed by atoms with E-state index in [4.69, 9.17) is 34.8 Å². The van der Waals surface area contributed by atoms with Crippen molar-refractivity contribution in [2.45, 2.75) is 36.9 Å². The van der Waals surface area contributed by atoms with Gasteiger partial charge in [-0.1, -0.05) is 34.8 Å². The highest BCUT2D eigenvalue weighted by Gasteiger charge is 2.39. The van der Waals surface area contributed by atoms with Crippen molar-refractivity contribution in [1.82, 2.24) is 10.2 Å². The number of nitrogens with one attached hydrogen (secondary N) is 1. The summed E-state index contributed by atoms with van der Waals surface area (Å²) in [6, 6.07) is 0. The van der Waals surface area contributed by atoms with Crippen LogP contribution < -0.4 is 5.32 Å². The fraction of sp³-hybridized carbons (Fsp3) is 0.471. The molecule has 0 saturated carbocycles. The van der Waals surface area contributed by atoms with E-state index in [9.17, 15) is 22.8 Å². The Morgan fingerprint density at radius 2 is 1.64 bits per heavy atom. The Morgan fingerprint density at radius 3 is 2.14 bits per heavy atom. The molecule has 0 atom stereocenters. The molecule has 0 aromatic heterocycles. The first-order chi connectivity index (χ1) is 12.9. The summed E-state index contributed by atoms with van der Waals surface area (Å²) in [5, 5.41) is 1.95. The Bertz CT molecular complexity index is 908. The third-order valence-corrected chi connectivity index (χ3v) is 6.70. The number of alkyl halides is 3. The lowest BCUT2D eigenvalue weighted by atomic mass is 10.0. The van der Waals surface area contributed by atoms with Gasteiger partial charge in [0.15, 0.2) is 0 Å². The van der Waals surface area contributed by atoms with Gasteiger partial charge in [0, 0.05) is 24.9 Å². The van der Waals surface area contributed by atoms with E-state index in [1.54, 1.807) is 4.90 Å². The lowest BCUT2D eigenvalue weighted by molar-refractivity contribution is -0.128. The molecule has 2 rings (SSSR count). The number of sulfone groups is 1. The smallest absolute Gasteiger partial charge is 0.262 e. The molecule has 0 aromatic rings. The summed E-state index contributed by atoms with van der Waals surface area (Å²) in [5.74, 6) is -2.95. The zero-order valence-corrected chi connectivity index (χ0v) is 18.3. The van der Waals surface area contributed by atoms with Gasteiger partial charge in [-0.15, -0.1) is 0 Å². The maximum Gasteiger partial charge on any atom is 0.262 e. The minimum Gasteiger partial charge on any atom is -0.362 e. The van der Waals surface area contributed by atoms with Crippen LogP contribution in [0.4, 0.5) is 0 Å². The molecule has 2 aliphatic rings. The molecule has 28 heavy (non-hydrogen) atoms. The summed E-state index contributed by atoms with van der Waals surface area (Å²) >= 11 is 17.0. The molecule has 7 nitrogen and oxygen atoms in total. The number of hydrogen-bond acceptors (Lipinski definition) is 6. The van der Waals surface area contributed by atoms with Crippen LogP contribution in [-0.2, 0) is 24.2 Å². The van der Waals surface area contributed by atoms with Gasteiger partial charge in [0.25, 0.3) is 9.70 Å². The number of imide groups is 1. The van der Waals surface area contributed by atoms with Crippen molar-refractivity contribution >= 4 is 62.2 Å². The number of carbonyl (C=O) groups is 3. The molecule has 1 N–H and O–H groups in total. The lowest BCUT2D eigenvalue weighted by Gasteiger charge is -2.32. The van der Waals surface area contributed by atoms with E-state index < -0.39 is 36.8 Å². The van der Waals surface area contributed by atoms with Crippen molar-refractivity contribution in [3.8, 4) is 0 Å². The molecule has 2 aliphatic heterocycles. The molecule has 0 aromatic carbocycles. The molecule has 11 heteroatoms. The van der Waals surface area contributed by atoms with Crippen LogP contribution in [0.25, 0.3) is 0 Å². The molecule has 154 valence electrons. The minimum absolute atomic E-state index is 0.0209. The van der Waals surface area contributed by atoms with Crippen LogP contribution in [0.15, 0.2) is 33.2 Å². The third-order valence-electron chi connectivity index (χ3n) is 4.29. The number of likely N-dealkylation sites (tertiary alicyclic amines) is 1. The molecular weight excluding hydrogens is 451 g/mol. The molecular formula is C17H19Cl3N2O5S. The average molecular weight is 470 g/mol. The number of halogens is 3. The lowest BCUT2D eigenvalue weighted by Crippen LogP contribution is -2.37. The van der Waals surface area contributed by atoms with Crippen molar-refractivity contribution < 1.29 is 22.8 Å². The Labute approximate surface area is 178 Å². The SMILES string of the molecule is CC(=O)NC(=O)/C(C(=O)C(Cl)(Cl)Cl)=C1/C=C(C)S(=O)(=O)C(N2CCCCC2)=C1. The first-order valence-electron chi connectivity index (χ1n) is 8.43. The highest BCUT2D eigenvalue weighted by Crippen LogP contribution is 2.35. The van der Waals surface area contributed by atoms with Crippen molar-refractivity contribution in [2.75, 3.05) is 13.1 Å². The standard InChI is InChI=1S/C17H19Cl3N2O5S/c1-10-8-12(9-13(28(10,26)27)22-6-4-3-5-7-22)14(15(24)17(18,19)20)16(25)21-11(2)23/h8-9H,3-7H2,1-2H3,(H,21,23,25)/b14-12-. The van der Waals surface area contributed by atoms with Crippen molar-refractivity contribution in [2.24, 2.45) is 0 Å². The Morgan fingerprint density at radius 1 is 1.07 bits per heavy atom. The quantitative estimate of drug-likeness (QED) is 0.295. The van der Waals surface area contributed by atoms with E-state index in [-0.39, 0.29) is 15.5 Å². The first-order valence-corrected chi connectivity index (χ1v) is 11.0. The van der Waals surface area contributed by atoms with Crippen LogP contribution in [0.3, 0.4) is 0 Å². The molecule has 0 radical (unpaired) electrons. The maximum absolute atomic E-state index is 12.8. The van der Waals surface area contributed by atoms with E-state index >= 15 is 0 Å². The van der Waals surface area contributed by atoms with E-state index in [0.29, 0.717) is 13.1 Å². The highest BCUT2D eigenvalue weighted by atomic mass is 35.6. The monoisotopic (exact) mass is 468 g/mol. The number of nitrogens with zero attached hydrogens (tertiary/aromatic N) is 1. The van der Waals surface area contributed by atoms with Crippen molar-refractivity contribution in [3.63, 3.8) is 0 Å². The minimum atomic E-state index is -3.77. The predicted molar refractivity (Wildman–Crippen MR) is 107 cm³/mol. The summed E-state index contributed by atoms with van der Waals surface area (Å²) < 4.78 is 23.1. The van der Waals surface area contributed by atoms with Gasteiger partial charge < -0.3 is 4.90 Å². The summed E-state index contributed by atoms with van der Waals surface area (Å²) in [5.41, 5.74) is -0.637. The fourth-order valence-electron chi connectivity index (χ4n) is 2.96. The molecule has 0 bridgehead atoms. The largest absolute Gasteiger partial charge is 0.362 e. The molecule has 0 spiro atoms. The number of Topliss-reactive ketones (excluding diaryl/α,β-unsaturated/α-hetero) is 1. The van der Waals surface area contributed by atoms with E-state index in [1.807, 2.05) is 5.32 Å². The molecule has 0 aliphatic carbocycles. The van der Waals surface area contributed by atoms with Gasteiger partial charge in [0.05, 0.1) is 5.57 Å². The highest BCUT2D eigenvalue weighted by molar-refractivity contribution is 7.98. The van der Waals surface area contributed by atoms with Crippen LogP contribution in [0.1, 0.15) is 33.1 Å². The van der Waals surface area contributed by atoms with Crippen molar-refractivity contribution in [3.05, 3.63) is 33.2 Å². The van der Waals surface area contributed by atoms with Gasteiger partial charge in [0.1, 0.15) is 5.03 Å². The van der Waals surface area contributed by atoms with Crippen LogP contribution in [0, 0.1) is 0 Å². The molecule has 1 saturated heterocycles. The van der Waals surface area contributed by atoms with Crippen LogP contribution in [0.5, 0.6) is 0 Å². The second-order valence-electron chi connectivity index (χ2n) is 6.46. The summed E-state index contributed by atoms with van der Waals surface area (Å²) in [6.45, 7) is 3.49. The molecule has 1 fully saturated rings.